The number of rotatable bonds is 1. The van der Waals surface area contributed by atoms with Crippen molar-refractivity contribution in [2.45, 2.75) is 31.7 Å². The van der Waals surface area contributed by atoms with Gasteiger partial charge in [-0.3, -0.25) is 4.79 Å². The molecule has 3 aliphatic rings. The standard InChI is InChI=1S/C9H15NO2/c10-8-6-3-1-5(2-4-6)7(8)9(11)12/h5-8H,1-4,10H2,(H,11,12)/t5?,6?,7-,8?/m0/s1. The van der Waals surface area contributed by atoms with Crippen LogP contribution in [0.1, 0.15) is 25.7 Å². The van der Waals surface area contributed by atoms with Gasteiger partial charge in [0.1, 0.15) is 0 Å². The summed E-state index contributed by atoms with van der Waals surface area (Å²) in [5, 5.41) is 8.95. The van der Waals surface area contributed by atoms with E-state index in [2.05, 4.69) is 0 Å². The Morgan fingerprint density at radius 2 is 1.67 bits per heavy atom. The van der Waals surface area contributed by atoms with Crippen molar-refractivity contribution >= 4 is 5.97 Å². The van der Waals surface area contributed by atoms with Crippen molar-refractivity contribution in [3.8, 4) is 0 Å². The number of fused-ring (bicyclic) bond motifs is 3. The van der Waals surface area contributed by atoms with Gasteiger partial charge in [0.15, 0.2) is 0 Å². The van der Waals surface area contributed by atoms with Crippen LogP contribution in [-0.2, 0) is 4.79 Å². The minimum Gasteiger partial charge on any atom is -0.481 e. The van der Waals surface area contributed by atoms with Gasteiger partial charge in [0.25, 0.3) is 0 Å². The normalized spacial score (nSPS) is 46.1. The summed E-state index contributed by atoms with van der Waals surface area (Å²) in [4.78, 5) is 10.9. The van der Waals surface area contributed by atoms with Crippen molar-refractivity contribution in [2.75, 3.05) is 0 Å². The highest BCUT2D eigenvalue weighted by atomic mass is 16.4. The fourth-order valence-electron chi connectivity index (χ4n) is 2.86. The zero-order valence-electron chi connectivity index (χ0n) is 7.07. The molecule has 0 aromatic rings. The summed E-state index contributed by atoms with van der Waals surface area (Å²) in [6.07, 6.45) is 4.45. The molecular weight excluding hydrogens is 154 g/mol. The summed E-state index contributed by atoms with van der Waals surface area (Å²) >= 11 is 0. The summed E-state index contributed by atoms with van der Waals surface area (Å²) in [5.74, 6) is -0.0898. The van der Waals surface area contributed by atoms with E-state index in [0.29, 0.717) is 11.8 Å². The number of hydrogen-bond acceptors (Lipinski definition) is 2. The Morgan fingerprint density at radius 1 is 1.17 bits per heavy atom. The number of nitrogens with two attached hydrogens (primary N) is 1. The smallest absolute Gasteiger partial charge is 0.308 e. The van der Waals surface area contributed by atoms with E-state index in [4.69, 9.17) is 10.8 Å². The predicted molar refractivity (Wildman–Crippen MR) is 44.5 cm³/mol. The maximum Gasteiger partial charge on any atom is 0.308 e. The SMILES string of the molecule is NC1C2CCC(CC2)[C@@H]1C(=O)O. The van der Waals surface area contributed by atoms with Crippen LogP contribution in [0.15, 0.2) is 0 Å². The molecular formula is C9H15NO2. The van der Waals surface area contributed by atoms with Crippen LogP contribution < -0.4 is 5.73 Å². The maximum atomic E-state index is 10.9. The monoisotopic (exact) mass is 169 g/mol. The van der Waals surface area contributed by atoms with Crippen molar-refractivity contribution < 1.29 is 9.90 Å². The molecule has 0 radical (unpaired) electrons. The van der Waals surface area contributed by atoms with E-state index in [1.165, 1.54) is 0 Å². The molecule has 3 fully saturated rings. The first kappa shape index (κ1) is 8.05. The van der Waals surface area contributed by atoms with Crippen LogP contribution >= 0.6 is 0 Å². The molecule has 3 rings (SSSR count). The molecule has 68 valence electrons. The minimum atomic E-state index is -0.683. The minimum absolute atomic E-state index is 0.0741. The van der Waals surface area contributed by atoms with Crippen LogP contribution in [0.2, 0.25) is 0 Å². The highest BCUT2D eigenvalue weighted by molar-refractivity contribution is 5.71. The molecule has 3 nitrogen and oxygen atoms in total. The molecule has 0 amide bonds. The van der Waals surface area contributed by atoms with Gasteiger partial charge in [-0.1, -0.05) is 0 Å². The van der Waals surface area contributed by atoms with Crippen LogP contribution in [0.3, 0.4) is 0 Å². The molecule has 3 heteroatoms. The molecule has 2 atom stereocenters. The number of aliphatic carboxylic acids is 1. The molecule has 0 aromatic carbocycles. The largest absolute Gasteiger partial charge is 0.481 e. The lowest BCUT2D eigenvalue weighted by atomic mass is 9.62. The molecule has 3 saturated carbocycles. The van der Waals surface area contributed by atoms with Gasteiger partial charge in [0.05, 0.1) is 5.92 Å². The molecule has 0 saturated heterocycles. The van der Waals surface area contributed by atoms with Crippen molar-refractivity contribution in [2.24, 2.45) is 23.5 Å². The average Bonchev–Trinajstić information content (AvgIpc) is 2.05. The first-order valence-corrected chi connectivity index (χ1v) is 4.68. The van der Waals surface area contributed by atoms with E-state index in [0.717, 1.165) is 25.7 Å². The fraction of sp³-hybridized carbons (Fsp3) is 0.889. The second kappa shape index (κ2) is 2.73. The molecule has 3 N–H and O–H groups in total. The maximum absolute atomic E-state index is 10.9. The van der Waals surface area contributed by atoms with E-state index in [-0.39, 0.29) is 12.0 Å². The van der Waals surface area contributed by atoms with Crippen LogP contribution in [-0.4, -0.2) is 17.1 Å². The van der Waals surface area contributed by atoms with Gasteiger partial charge in [-0.25, -0.2) is 0 Å². The Hall–Kier alpha value is -0.570. The first-order valence-electron chi connectivity index (χ1n) is 4.68. The summed E-state index contributed by atoms with van der Waals surface area (Å²) in [5.41, 5.74) is 5.88. The highest BCUT2D eigenvalue weighted by Crippen LogP contribution is 2.44. The molecule has 0 heterocycles. The molecule has 3 aliphatic carbocycles. The Bertz CT molecular complexity index is 195. The molecule has 12 heavy (non-hydrogen) atoms. The Morgan fingerprint density at radius 3 is 2.00 bits per heavy atom. The Kier molecular flexibility index (Phi) is 1.83. The lowest BCUT2D eigenvalue weighted by Gasteiger charge is -2.45. The second-order valence-corrected chi connectivity index (χ2v) is 4.12. The van der Waals surface area contributed by atoms with Crippen molar-refractivity contribution in [1.29, 1.82) is 0 Å². The zero-order chi connectivity index (χ0) is 8.72. The van der Waals surface area contributed by atoms with Crippen LogP contribution in [0.4, 0.5) is 0 Å². The van der Waals surface area contributed by atoms with E-state index in [9.17, 15) is 4.79 Å². The van der Waals surface area contributed by atoms with Gasteiger partial charge < -0.3 is 10.8 Å². The molecule has 0 spiro atoms. The highest BCUT2D eigenvalue weighted by Gasteiger charge is 2.45. The molecule has 0 aliphatic heterocycles. The van der Waals surface area contributed by atoms with E-state index >= 15 is 0 Å². The summed E-state index contributed by atoms with van der Waals surface area (Å²) < 4.78 is 0. The third kappa shape index (κ3) is 1.04. The summed E-state index contributed by atoms with van der Waals surface area (Å²) in [7, 11) is 0. The Balaban J connectivity index is 2.18. The fourth-order valence-corrected chi connectivity index (χ4v) is 2.86. The summed E-state index contributed by atoms with van der Waals surface area (Å²) in [6, 6.07) is -0.0741. The van der Waals surface area contributed by atoms with E-state index < -0.39 is 5.97 Å². The Labute approximate surface area is 71.9 Å². The lowest BCUT2D eigenvalue weighted by Crippen LogP contribution is -2.52. The van der Waals surface area contributed by atoms with Crippen molar-refractivity contribution in [1.82, 2.24) is 0 Å². The molecule has 2 bridgehead atoms. The van der Waals surface area contributed by atoms with Gasteiger partial charge in [0.2, 0.25) is 0 Å². The third-order valence-corrected chi connectivity index (χ3v) is 3.57. The number of carboxylic acid groups (broad SMARTS) is 1. The van der Waals surface area contributed by atoms with Gasteiger partial charge in [-0.15, -0.1) is 0 Å². The second-order valence-electron chi connectivity index (χ2n) is 4.12. The van der Waals surface area contributed by atoms with E-state index in [1.54, 1.807) is 0 Å². The molecule has 1 unspecified atom stereocenters. The third-order valence-electron chi connectivity index (χ3n) is 3.57. The van der Waals surface area contributed by atoms with Gasteiger partial charge in [-0.05, 0) is 37.5 Å². The van der Waals surface area contributed by atoms with Crippen molar-refractivity contribution in [3.05, 3.63) is 0 Å². The first-order chi connectivity index (χ1) is 5.70. The quantitative estimate of drug-likeness (QED) is 0.611. The zero-order valence-corrected chi connectivity index (χ0v) is 7.07. The van der Waals surface area contributed by atoms with Crippen LogP contribution in [0.25, 0.3) is 0 Å². The van der Waals surface area contributed by atoms with Crippen LogP contribution in [0.5, 0.6) is 0 Å². The van der Waals surface area contributed by atoms with Gasteiger partial charge >= 0.3 is 5.97 Å². The summed E-state index contributed by atoms with van der Waals surface area (Å²) in [6.45, 7) is 0. The average molecular weight is 169 g/mol. The van der Waals surface area contributed by atoms with Gasteiger partial charge in [0, 0.05) is 6.04 Å². The topological polar surface area (TPSA) is 63.3 Å². The van der Waals surface area contributed by atoms with Crippen LogP contribution in [0, 0.1) is 17.8 Å². The molecule has 0 aromatic heterocycles. The predicted octanol–water partition coefficient (Wildman–Crippen LogP) is 0.834. The van der Waals surface area contributed by atoms with Crippen molar-refractivity contribution in [3.63, 3.8) is 0 Å². The number of hydrogen-bond donors (Lipinski definition) is 2. The van der Waals surface area contributed by atoms with Gasteiger partial charge in [-0.2, -0.15) is 0 Å². The number of carbonyl (C=O) groups is 1. The lowest BCUT2D eigenvalue weighted by molar-refractivity contribution is -0.148. The van der Waals surface area contributed by atoms with E-state index in [1.807, 2.05) is 0 Å². The number of carboxylic acids is 1.